The second kappa shape index (κ2) is 7.38. The largest absolute Gasteiger partial charge is 0.469 e. The van der Waals surface area contributed by atoms with Crippen LogP contribution in [0.5, 0.6) is 0 Å². The van der Waals surface area contributed by atoms with Crippen LogP contribution in [0.2, 0.25) is 0 Å². The summed E-state index contributed by atoms with van der Waals surface area (Å²) in [5.41, 5.74) is -0.937. The molecule has 0 saturated heterocycles. The molecule has 0 aromatic heterocycles. The molecule has 1 aliphatic rings. The fourth-order valence-corrected chi connectivity index (χ4v) is 3.78. The molecule has 0 bridgehead atoms. The average molecular weight is 307 g/mol. The maximum atomic E-state index is 11.8. The number of methoxy groups -OCH3 is 1. The van der Waals surface area contributed by atoms with Gasteiger partial charge in [0.25, 0.3) is 0 Å². The fraction of sp³-hybridized carbons (Fsp3) is 0.923. The highest BCUT2D eigenvalue weighted by Crippen LogP contribution is 2.31. The summed E-state index contributed by atoms with van der Waals surface area (Å²) in [5.74, 6) is -0.134. The number of esters is 1. The molecular weight excluding hydrogens is 282 g/mol. The minimum Gasteiger partial charge on any atom is -0.469 e. The number of ether oxygens (including phenoxy) is 1. The number of carbonyl (C=O) groups excluding carboxylic acids is 1. The van der Waals surface area contributed by atoms with E-state index in [9.17, 15) is 18.3 Å². The molecule has 0 heterocycles. The minimum absolute atomic E-state index is 0.0535. The Hall–Kier alpha value is -0.660. The van der Waals surface area contributed by atoms with Crippen LogP contribution in [-0.4, -0.2) is 44.5 Å². The second-order valence-electron chi connectivity index (χ2n) is 5.75. The maximum absolute atomic E-state index is 11.8. The molecule has 1 rings (SSSR count). The third-order valence-corrected chi connectivity index (χ3v) is 5.12. The Morgan fingerprint density at radius 1 is 1.50 bits per heavy atom. The van der Waals surface area contributed by atoms with Crippen molar-refractivity contribution in [2.24, 2.45) is 5.92 Å². The molecule has 1 fully saturated rings. The van der Waals surface area contributed by atoms with Gasteiger partial charge in [-0.2, -0.15) is 0 Å². The number of hydrogen-bond donors (Lipinski definition) is 2. The van der Waals surface area contributed by atoms with Gasteiger partial charge in [0.2, 0.25) is 10.0 Å². The summed E-state index contributed by atoms with van der Waals surface area (Å²) in [4.78, 5) is 10.9. The van der Waals surface area contributed by atoms with Crippen LogP contribution in [-0.2, 0) is 19.6 Å². The van der Waals surface area contributed by atoms with Crippen molar-refractivity contribution in [1.82, 2.24) is 4.72 Å². The van der Waals surface area contributed by atoms with Crippen LogP contribution in [0.15, 0.2) is 0 Å². The topological polar surface area (TPSA) is 92.7 Å². The lowest BCUT2D eigenvalue weighted by Crippen LogP contribution is -2.46. The molecule has 0 aromatic rings. The Morgan fingerprint density at radius 2 is 2.20 bits per heavy atom. The van der Waals surface area contributed by atoms with Crippen molar-refractivity contribution in [3.63, 3.8) is 0 Å². The van der Waals surface area contributed by atoms with Crippen LogP contribution < -0.4 is 4.72 Å². The van der Waals surface area contributed by atoms with Crippen LogP contribution in [0, 0.1) is 5.92 Å². The van der Waals surface area contributed by atoms with Crippen molar-refractivity contribution in [1.29, 1.82) is 0 Å². The van der Waals surface area contributed by atoms with Crippen molar-refractivity contribution in [2.75, 3.05) is 19.4 Å². The SMILES string of the molecule is COC(=O)CCCS(=O)(=O)NCC1(O)CCCC(C)C1. The molecular formula is C13H25NO5S. The molecule has 6 nitrogen and oxygen atoms in total. The van der Waals surface area contributed by atoms with Crippen molar-refractivity contribution in [3.05, 3.63) is 0 Å². The number of sulfonamides is 1. The summed E-state index contributed by atoms with van der Waals surface area (Å²) in [6, 6.07) is 0. The van der Waals surface area contributed by atoms with Gasteiger partial charge in [-0.3, -0.25) is 4.79 Å². The quantitative estimate of drug-likeness (QED) is 0.679. The molecule has 2 N–H and O–H groups in total. The summed E-state index contributed by atoms with van der Waals surface area (Å²) in [6.45, 7) is 2.12. The van der Waals surface area contributed by atoms with E-state index < -0.39 is 21.6 Å². The summed E-state index contributed by atoms with van der Waals surface area (Å²) >= 11 is 0. The van der Waals surface area contributed by atoms with E-state index in [1.165, 1.54) is 7.11 Å². The van der Waals surface area contributed by atoms with E-state index in [1.807, 2.05) is 0 Å². The van der Waals surface area contributed by atoms with E-state index in [4.69, 9.17) is 0 Å². The second-order valence-corrected chi connectivity index (χ2v) is 7.67. The number of carbonyl (C=O) groups is 1. The number of rotatable bonds is 7. The summed E-state index contributed by atoms with van der Waals surface area (Å²) in [5, 5.41) is 10.4. The zero-order chi connectivity index (χ0) is 15.2. The Kier molecular flexibility index (Phi) is 6.42. The van der Waals surface area contributed by atoms with E-state index >= 15 is 0 Å². The van der Waals surface area contributed by atoms with Gasteiger partial charge in [-0.25, -0.2) is 13.1 Å². The van der Waals surface area contributed by atoms with Crippen LogP contribution in [0.25, 0.3) is 0 Å². The highest BCUT2D eigenvalue weighted by atomic mass is 32.2. The predicted octanol–water partition coefficient (Wildman–Crippen LogP) is 0.800. The van der Waals surface area contributed by atoms with Gasteiger partial charge < -0.3 is 9.84 Å². The van der Waals surface area contributed by atoms with Gasteiger partial charge in [-0.15, -0.1) is 0 Å². The van der Waals surface area contributed by atoms with E-state index in [2.05, 4.69) is 16.4 Å². The number of hydrogen-bond acceptors (Lipinski definition) is 5. The first-order valence-corrected chi connectivity index (χ1v) is 8.68. The molecule has 1 saturated carbocycles. The van der Waals surface area contributed by atoms with Gasteiger partial charge in [-0.1, -0.05) is 19.8 Å². The Bertz CT molecular complexity index is 422. The molecule has 20 heavy (non-hydrogen) atoms. The molecule has 0 aromatic carbocycles. The fourth-order valence-electron chi connectivity index (χ4n) is 2.62. The minimum atomic E-state index is -3.46. The lowest BCUT2D eigenvalue weighted by molar-refractivity contribution is -0.140. The summed E-state index contributed by atoms with van der Waals surface area (Å²) in [7, 11) is -2.19. The van der Waals surface area contributed by atoms with Crippen LogP contribution in [0.1, 0.15) is 45.4 Å². The molecule has 2 unspecified atom stereocenters. The highest BCUT2D eigenvalue weighted by Gasteiger charge is 2.33. The van der Waals surface area contributed by atoms with E-state index in [0.29, 0.717) is 18.8 Å². The standard InChI is InChI=1S/C13H25NO5S/c1-11-5-3-7-13(16,9-11)10-14-20(17,18)8-4-6-12(15)19-2/h11,14,16H,3-10H2,1-2H3. The highest BCUT2D eigenvalue weighted by molar-refractivity contribution is 7.89. The van der Waals surface area contributed by atoms with Gasteiger partial charge in [0.15, 0.2) is 0 Å². The van der Waals surface area contributed by atoms with Crippen molar-refractivity contribution < 1.29 is 23.1 Å². The summed E-state index contributed by atoms with van der Waals surface area (Å²) in [6.07, 6.45) is 3.55. The molecule has 2 atom stereocenters. The maximum Gasteiger partial charge on any atom is 0.305 e. The van der Waals surface area contributed by atoms with Gasteiger partial charge in [0, 0.05) is 13.0 Å². The van der Waals surface area contributed by atoms with Gasteiger partial charge >= 0.3 is 5.97 Å². The van der Waals surface area contributed by atoms with E-state index in [0.717, 1.165) is 12.8 Å². The first kappa shape index (κ1) is 17.4. The van der Waals surface area contributed by atoms with Crippen LogP contribution in [0.3, 0.4) is 0 Å². The lowest BCUT2D eigenvalue weighted by Gasteiger charge is -2.35. The molecule has 1 aliphatic carbocycles. The normalized spacial score (nSPS) is 27.2. The number of nitrogens with one attached hydrogen (secondary N) is 1. The third kappa shape index (κ3) is 6.19. The summed E-state index contributed by atoms with van der Waals surface area (Å²) < 4.78 is 30.5. The Morgan fingerprint density at radius 3 is 2.80 bits per heavy atom. The van der Waals surface area contributed by atoms with Gasteiger partial charge in [-0.05, 0) is 25.2 Å². The van der Waals surface area contributed by atoms with Crippen molar-refractivity contribution in [3.8, 4) is 0 Å². The Balaban J connectivity index is 2.37. The zero-order valence-electron chi connectivity index (χ0n) is 12.2. The van der Waals surface area contributed by atoms with Crippen molar-refractivity contribution >= 4 is 16.0 Å². The smallest absolute Gasteiger partial charge is 0.305 e. The molecule has 0 radical (unpaired) electrons. The zero-order valence-corrected chi connectivity index (χ0v) is 13.0. The van der Waals surface area contributed by atoms with Crippen LogP contribution in [0.4, 0.5) is 0 Å². The van der Waals surface area contributed by atoms with E-state index in [1.54, 1.807) is 0 Å². The molecule has 7 heteroatoms. The molecule has 0 amide bonds. The van der Waals surface area contributed by atoms with E-state index in [-0.39, 0.29) is 25.1 Å². The first-order chi connectivity index (χ1) is 9.26. The van der Waals surface area contributed by atoms with Crippen LogP contribution >= 0.6 is 0 Å². The third-order valence-electron chi connectivity index (χ3n) is 3.71. The lowest BCUT2D eigenvalue weighted by atomic mass is 9.79. The predicted molar refractivity (Wildman–Crippen MR) is 75.6 cm³/mol. The first-order valence-electron chi connectivity index (χ1n) is 7.03. The van der Waals surface area contributed by atoms with Crippen molar-refractivity contribution in [2.45, 2.75) is 51.0 Å². The number of aliphatic hydroxyl groups is 1. The van der Waals surface area contributed by atoms with Gasteiger partial charge in [0.1, 0.15) is 0 Å². The average Bonchev–Trinajstić information content (AvgIpc) is 2.36. The molecule has 0 spiro atoms. The van der Waals surface area contributed by atoms with Gasteiger partial charge in [0.05, 0.1) is 18.5 Å². The molecule has 0 aliphatic heterocycles. The molecule has 118 valence electrons. The monoisotopic (exact) mass is 307 g/mol. The Labute approximate surface area is 120 Å².